The van der Waals surface area contributed by atoms with Crippen LogP contribution >= 0.6 is 0 Å². The zero-order valence-corrected chi connectivity index (χ0v) is 19.9. The quantitative estimate of drug-likeness (QED) is 0.616. The molecule has 1 aliphatic rings. The van der Waals surface area contributed by atoms with E-state index in [0.29, 0.717) is 45.3 Å². The van der Waals surface area contributed by atoms with Gasteiger partial charge < -0.3 is 29.2 Å². The Labute approximate surface area is 191 Å². The molecule has 1 aliphatic heterocycles. The maximum atomic E-state index is 12.4. The first-order chi connectivity index (χ1) is 15.3. The van der Waals surface area contributed by atoms with Gasteiger partial charge in [-0.05, 0) is 12.3 Å². The second kappa shape index (κ2) is 13.7. The van der Waals surface area contributed by atoms with Gasteiger partial charge in [-0.3, -0.25) is 9.69 Å². The number of amides is 1. The molecule has 0 unspecified atom stereocenters. The molecular weight excluding hydrogens is 412 g/mol. The zero-order valence-electron chi connectivity index (χ0n) is 19.9. The summed E-state index contributed by atoms with van der Waals surface area (Å²) in [7, 11) is 1.94. The molecule has 0 bridgehead atoms. The molecule has 1 aromatic heterocycles. The molecule has 2 N–H and O–H groups in total. The topological polar surface area (TPSA) is 100 Å². The van der Waals surface area contributed by atoms with Crippen LogP contribution in [0.4, 0.5) is 0 Å². The highest BCUT2D eigenvalue weighted by Crippen LogP contribution is 2.12. The molecule has 0 saturated carbocycles. The lowest BCUT2D eigenvalue weighted by Crippen LogP contribution is -2.50. The summed E-state index contributed by atoms with van der Waals surface area (Å²) in [5.41, 5.74) is 0.959. The number of ether oxygens (including phenoxy) is 2. The third kappa shape index (κ3) is 9.38. The first-order valence-electron chi connectivity index (χ1n) is 11.4. The Morgan fingerprint density at radius 2 is 2.09 bits per heavy atom. The van der Waals surface area contributed by atoms with Gasteiger partial charge in [-0.25, -0.2) is 4.98 Å². The average Bonchev–Trinajstić information content (AvgIpc) is 3.14. The van der Waals surface area contributed by atoms with Crippen molar-refractivity contribution >= 4 is 5.91 Å². The summed E-state index contributed by atoms with van der Waals surface area (Å²) in [4.78, 5) is 20.7. The van der Waals surface area contributed by atoms with Crippen LogP contribution in [-0.2, 0) is 27.9 Å². The van der Waals surface area contributed by atoms with Gasteiger partial charge in [0.2, 0.25) is 5.91 Å². The molecule has 0 fully saturated rings. The fourth-order valence-electron chi connectivity index (χ4n) is 3.48. The maximum Gasteiger partial charge on any atom is 0.219 e. The van der Waals surface area contributed by atoms with E-state index in [1.54, 1.807) is 11.2 Å². The van der Waals surface area contributed by atoms with Gasteiger partial charge in [-0.15, -0.1) is 0 Å². The average molecular weight is 453 g/mol. The van der Waals surface area contributed by atoms with Gasteiger partial charge in [-0.2, -0.15) is 0 Å². The van der Waals surface area contributed by atoms with Crippen LogP contribution in [0.3, 0.4) is 0 Å². The van der Waals surface area contributed by atoms with E-state index in [2.05, 4.69) is 23.7 Å². The molecule has 1 aromatic rings. The largest absolute Gasteiger partial charge is 0.388 e. The number of hydrogen-bond donors (Lipinski definition) is 2. The van der Waals surface area contributed by atoms with Crippen molar-refractivity contribution in [2.75, 3.05) is 46.0 Å². The Bertz CT molecular complexity index is 708. The van der Waals surface area contributed by atoms with Crippen molar-refractivity contribution in [2.45, 2.75) is 52.0 Å². The predicted octanol–water partition coefficient (Wildman–Crippen LogP) is 0.810. The number of rotatable bonds is 6. The van der Waals surface area contributed by atoms with Crippen LogP contribution in [0.25, 0.3) is 0 Å². The van der Waals surface area contributed by atoms with Crippen LogP contribution in [0.2, 0.25) is 0 Å². The summed E-state index contributed by atoms with van der Waals surface area (Å²) in [6, 6.07) is 0. The van der Waals surface area contributed by atoms with Crippen molar-refractivity contribution in [3.63, 3.8) is 0 Å². The summed E-state index contributed by atoms with van der Waals surface area (Å²) in [6.07, 6.45) is 5.56. The minimum Gasteiger partial charge on any atom is -0.388 e. The lowest BCUT2D eigenvalue weighted by atomic mass is 10.1. The fraction of sp³-hybridized carbons (Fsp3) is 0.739. The minimum atomic E-state index is -1.15. The molecule has 9 heteroatoms. The number of aromatic nitrogens is 2. The van der Waals surface area contributed by atoms with Crippen LogP contribution in [0.1, 0.15) is 32.9 Å². The van der Waals surface area contributed by atoms with E-state index in [1.165, 1.54) is 6.92 Å². The van der Waals surface area contributed by atoms with Gasteiger partial charge in [0.05, 0.1) is 25.2 Å². The molecule has 0 aliphatic carbocycles. The second-order valence-corrected chi connectivity index (χ2v) is 8.89. The number of hydrogen-bond acceptors (Lipinski definition) is 7. The molecule has 2 rings (SSSR count). The van der Waals surface area contributed by atoms with Crippen LogP contribution in [0.5, 0.6) is 0 Å². The van der Waals surface area contributed by atoms with Crippen LogP contribution in [-0.4, -0.2) is 99.8 Å². The van der Waals surface area contributed by atoms with Gasteiger partial charge in [0, 0.05) is 59.5 Å². The standard InChI is InChI=1S/C23H40N4O5/c1-18(2)7-12-32-22-15-27(19(3)28)10-9-26(14-20-13-25(4)17-24-20)8-5-6-11-31-16-21(29)23(22)30/h5-6,13,17-18,21-23,29-30H,7-12,14-16H2,1-4H3/t21-,22-,23-/m0/s1. The second-order valence-electron chi connectivity index (χ2n) is 8.89. The molecule has 3 atom stereocenters. The Balaban J connectivity index is 2.14. The highest BCUT2D eigenvalue weighted by molar-refractivity contribution is 5.73. The number of nitrogens with zero attached hydrogens (tertiary/aromatic N) is 4. The lowest BCUT2D eigenvalue weighted by molar-refractivity contribution is -0.139. The molecule has 9 nitrogen and oxygen atoms in total. The van der Waals surface area contributed by atoms with E-state index >= 15 is 0 Å². The van der Waals surface area contributed by atoms with E-state index in [0.717, 1.165) is 12.1 Å². The van der Waals surface area contributed by atoms with Crippen molar-refractivity contribution < 1.29 is 24.5 Å². The van der Waals surface area contributed by atoms with E-state index in [9.17, 15) is 15.0 Å². The number of carbonyl (C=O) groups excluding carboxylic acids is 1. The highest BCUT2D eigenvalue weighted by Gasteiger charge is 2.30. The monoisotopic (exact) mass is 452 g/mol. The molecule has 2 heterocycles. The summed E-state index contributed by atoms with van der Waals surface area (Å²) in [6.45, 7) is 9.18. The van der Waals surface area contributed by atoms with Crippen LogP contribution < -0.4 is 0 Å². The Hall–Kier alpha value is -1.78. The molecule has 0 saturated heterocycles. The third-order valence-electron chi connectivity index (χ3n) is 5.51. The summed E-state index contributed by atoms with van der Waals surface area (Å²) in [5.74, 6) is 0.357. The minimum absolute atomic E-state index is 0.00668. The first kappa shape index (κ1) is 26.5. The van der Waals surface area contributed by atoms with E-state index in [4.69, 9.17) is 9.47 Å². The number of aryl methyl sites for hydroxylation is 1. The van der Waals surface area contributed by atoms with Crippen molar-refractivity contribution in [3.8, 4) is 0 Å². The normalized spacial score (nSPS) is 24.6. The van der Waals surface area contributed by atoms with E-state index in [-0.39, 0.29) is 19.1 Å². The van der Waals surface area contributed by atoms with Gasteiger partial charge in [0.25, 0.3) is 0 Å². The predicted molar refractivity (Wildman–Crippen MR) is 122 cm³/mol. The van der Waals surface area contributed by atoms with Crippen molar-refractivity contribution in [3.05, 3.63) is 30.4 Å². The Morgan fingerprint density at radius 3 is 2.75 bits per heavy atom. The summed E-state index contributed by atoms with van der Waals surface area (Å²) in [5, 5.41) is 21.1. The van der Waals surface area contributed by atoms with Crippen molar-refractivity contribution in [2.24, 2.45) is 13.0 Å². The molecular formula is C23H40N4O5. The summed E-state index contributed by atoms with van der Waals surface area (Å²) >= 11 is 0. The van der Waals surface area contributed by atoms with Crippen molar-refractivity contribution in [1.82, 2.24) is 19.4 Å². The van der Waals surface area contributed by atoms with E-state index < -0.39 is 18.3 Å². The fourth-order valence-corrected chi connectivity index (χ4v) is 3.48. The SMILES string of the molecule is CC(=O)N1CCN(Cc2cn(C)cn2)CC=CCOC[C@H](O)[C@H](O)[C@@H](OCCC(C)C)C1. The van der Waals surface area contributed by atoms with Gasteiger partial charge >= 0.3 is 0 Å². The van der Waals surface area contributed by atoms with E-state index in [1.807, 2.05) is 30.0 Å². The molecule has 0 spiro atoms. The van der Waals surface area contributed by atoms with Crippen LogP contribution in [0.15, 0.2) is 24.7 Å². The molecule has 0 radical (unpaired) electrons. The summed E-state index contributed by atoms with van der Waals surface area (Å²) < 4.78 is 13.4. The first-order valence-corrected chi connectivity index (χ1v) is 11.4. The van der Waals surface area contributed by atoms with Gasteiger partial charge in [-0.1, -0.05) is 26.0 Å². The Kier molecular flexibility index (Phi) is 11.3. The van der Waals surface area contributed by atoms with Crippen molar-refractivity contribution in [1.29, 1.82) is 0 Å². The molecule has 182 valence electrons. The third-order valence-corrected chi connectivity index (χ3v) is 5.51. The number of imidazole rings is 1. The lowest BCUT2D eigenvalue weighted by Gasteiger charge is -2.33. The van der Waals surface area contributed by atoms with Gasteiger partial charge in [0.1, 0.15) is 18.3 Å². The van der Waals surface area contributed by atoms with Crippen LogP contribution in [0, 0.1) is 5.92 Å². The molecule has 0 aromatic carbocycles. The number of carbonyl (C=O) groups is 1. The Morgan fingerprint density at radius 1 is 1.31 bits per heavy atom. The molecule has 1 amide bonds. The number of aliphatic hydroxyl groups is 2. The van der Waals surface area contributed by atoms with Gasteiger partial charge in [0.15, 0.2) is 0 Å². The highest BCUT2D eigenvalue weighted by atomic mass is 16.5. The smallest absolute Gasteiger partial charge is 0.219 e. The number of aliphatic hydroxyl groups excluding tert-OH is 2. The maximum absolute atomic E-state index is 12.4. The molecule has 32 heavy (non-hydrogen) atoms. The zero-order chi connectivity index (χ0) is 23.5.